The van der Waals surface area contributed by atoms with Gasteiger partial charge in [0.2, 0.25) is 11.8 Å². The van der Waals surface area contributed by atoms with E-state index in [9.17, 15) is 9.59 Å². The van der Waals surface area contributed by atoms with E-state index in [0.717, 1.165) is 24.2 Å². The molecule has 156 valence electrons. The molecule has 1 atom stereocenters. The zero-order chi connectivity index (χ0) is 20.9. The Balaban J connectivity index is 2.05. The van der Waals surface area contributed by atoms with Gasteiger partial charge in [0.25, 0.3) is 0 Å². The molecule has 0 aromatic heterocycles. The molecule has 0 saturated carbocycles. The van der Waals surface area contributed by atoms with Gasteiger partial charge < -0.3 is 10.2 Å². The van der Waals surface area contributed by atoms with E-state index in [1.165, 1.54) is 5.56 Å². The number of carbonyl (C=O) groups is 2. The van der Waals surface area contributed by atoms with E-state index in [2.05, 4.69) is 24.4 Å². The summed E-state index contributed by atoms with van der Waals surface area (Å²) in [5.41, 5.74) is 2.23. The van der Waals surface area contributed by atoms with Crippen molar-refractivity contribution in [3.05, 3.63) is 71.8 Å². The Morgan fingerprint density at radius 1 is 0.966 bits per heavy atom. The van der Waals surface area contributed by atoms with E-state index in [1.807, 2.05) is 55.5 Å². The van der Waals surface area contributed by atoms with Gasteiger partial charge in [0.05, 0.1) is 5.75 Å². The van der Waals surface area contributed by atoms with Crippen LogP contribution in [0.5, 0.6) is 0 Å². The maximum Gasteiger partial charge on any atom is 0.242 e. The number of hydrogen-bond acceptors (Lipinski definition) is 3. The summed E-state index contributed by atoms with van der Waals surface area (Å²) < 4.78 is 0. The molecule has 2 amide bonds. The van der Waals surface area contributed by atoms with Crippen molar-refractivity contribution >= 4 is 23.6 Å². The topological polar surface area (TPSA) is 49.4 Å². The molecule has 2 rings (SSSR count). The minimum Gasteiger partial charge on any atom is -0.354 e. The Bertz CT molecular complexity index is 737. The number of nitrogens with zero attached hydrogens (tertiary/aromatic N) is 1. The van der Waals surface area contributed by atoms with E-state index in [1.54, 1.807) is 16.7 Å². The van der Waals surface area contributed by atoms with E-state index in [-0.39, 0.29) is 11.8 Å². The van der Waals surface area contributed by atoms with Crippen molar-refractivity contribution < 1.29 is 9.59 Å². The van der Waals surface area contributed by atoms with Crippen LogP contribution >= 0.6 is 11.8 Å². The van der Waals surface area contributed by atoms with Crippen LogP contribution in [0.4, 0.5) is 0 Å². The Morgan fingerprint density at radius 3 is 2.17 bits per heavy atom. The Kier molecular flexibility index (Phi) is 10.4. The van der Waals surface area contributed by atoms with Gasteiger partial charge in [-0.2, -0.15) is 0 Å². The number of thioether (sulfide) groups is 1. The van der Waals surface area contributed by atoms with Gasteiger partial charge in [-0.05, 0) is 24.0 Å². The molecule has 0 aliphatic carbocycles. The number of benzene rings is 2. The third-order valence-electron chi connectivity index (χ3n) is 4.75. The molecule has 29 heavy (non-hydrogen) atoms. The first-order chi connectivity index (χ1) is 14.2. The zero-order valence-electron chi connectivity index (χ0n) is 17.5. The predicted octanol–water partition coefficient (Wildman–Crippen LogP) is 4.64. The summed E-state index contributed by atoms with van der Waals surface area (Å²) in [7, 11) is 0. The molecule has 0 aliphatic heterocycles. The Hall–Kier alpha value is -2.27. The number of nitrogens with one attached hydrogen (secondary N) is 1. The fourth-order valence-electron chi connectivity index (χ4n) is 3.12. The summed E-state index contributed by atoms with van der Waals surface area (Å²) in [6.07, 6.45) is 2.57. The van der Waals surface area contributed by atoms with Crippen molar-refractivity contribution in [3.8, 4) is 0 Å². The number of rotatable bonds is 12. The predicted molar refractivity (Wildman–Crippen MR) is 122 cm³/mol. The van der Waals surface area contributed by atoms with Crippen LogP contribution in [-0.2, 0) is 21.9 Å². The molecule has 1 N–H and O–H groups in total. The molecule has 2 aromatic rings. The van der Waals surface area contributed by atoms with Crippen LogP contribution in [0.2, 0.25) is 0 Å². The lowest BCUT2D eigenvalue weighted by Gasteiger charge is -2.30. The van der Waals surface area contributed by atoms with Gasteiger partial charge in [-0.25, -0.2) is 0 Å². The van der Waals surface area contributed by atoms with Crippen molar-refractivity contribution in [2.45, 2.75) is 51.4 Å². The standard InChI is InChI=1S/C24H32N2O2S/c1-3-5-16-25-24(28)22(4-2)26(17-20-12-8-6-9-13-20)23(27)19-29-18-21-14-10-7-11-15-21/h6-15,22H,3-5,16-19H2,1-2H3,(H,25,28)/t22-/m0/s1. The van der Waals surface area contributed by atoms with Crippen LogP contribution < -0.4 is 5.32 Å². The molecule has 0 heterocycles. The first kappa shape index (κ1) is 23.0. The summed E-state index contributed by atoms with van der Waals surface area (Å²) in [5.74, 6) is 1.09. The molecule has 0 fully saturated rings. The maximum atomic E-state index is 13.1. The first-order valence-electron chi connectivity index (χ1n) is 10.4. The SMILES string of the molecule is CCCCNC(=O)[C@H](CC)N(Cc1ccccc1)C(=O)CSCc1ccccc1. The summed E-state index contributed by atoms with van der Waals surface area (Å²) >= 11 is 1.59. The van der Waals surface area contributed by atoms with Gasteiger partial charge in [0.1, 0.15) is 6.04 Å². The lowest BCUT2D eigenvalue weighted by Crippen LogP contribution is -2.49. The van der Waals surface area contributed by atoms with Crippen LogP contribution in [0.25, 0.3) is 0 Å². The van der Waals surface area contributed by atoms with Gasteiger partial charge in [-0.1, -0.05) is 80.9 Å². The lowest BCUT2D eigenvalue weighted by atomic mass is 10.1. The van der Waals surface area contributed by atoms with Gasteiger partial charge in [-0.15, -0.1) is 11.8 Å². The third kappa shape index (κ3) is 7.94. The fraction of sp³-hybridized carbons (Fsp3) is 0.417. The second-order valence-corrected chi connectivity index (χ2v) is 8.04. The highest BCUT2D eigenvalue weighted by molar-refractivity contribution is 7.99. The monoisotopic (exact) mass is 412 g/mol. The van der Waals surface area contributed by atoms with Gasteiger partial charge in [-0.3, -0.25) is 9.59 Å². The molecule has 4 nitrogen and oxygen atoms in total. The van der Waals surface area contributed by atoms with Gasteiger partial charge >= 0.3 is 0 Å². The smallest absolute Gasteiger partial charge is 0.242 e. The maximum absolute atomic E-state index is 13.1. The van der Waals surface area contributed by atoms with Crippen molar-refractivity contribution in [1.29, 1.82) is 0 Å². The second kappa shape index (κ2) is 13.0. The van der Waals surface area contributed by atoms with Crippen molar-refractivity contribution in [2.24, 2.45) is 0 Å². The Morgan fingerprint density at radius 2 is 1.59 bits per heavy atom. The van der Waals surface area contributed by atoms with E-state index < -0.39 is 6.04 Å². The highest BCUT2D eigenvalue weighted by Gasteiger charge is 2.28. The highest BCUT2D eigenvalue weighted by atomic mass is 32.2. The quantitative estimate of drug-likeness (QED) is 0.517. The van der Waals surface area contributed by atoms with Crippen LogP contribution in [-0.4, -0.2) is 35.1 Å². The Labute approximate surface area is 179 Å². The van der Waals surface area contributed by atoms with Crippen LogP contribution in [0.15, 0.2) is 60.7 Å². The molecule has 0 bridgehead atoms. The van der Waals surface area contributed by atoms with Crippen molar-refractivity contribution in [2.75, 3.05) is 12.3 Å². The minimum atomic E-state index is -0.447. The number of amides is 2. The molecule has 0 aliphatic rings. The number of carbonyl (C=O) groups excluding carboxylic acids is 2. The molecular formula is C24H32N2O2S. The normalized spacial score (nSPS) is 11.7. The molecule has 0 radical (unpaired) electrons. The minimum absolute atomic E-state index is 0.00674. The fourth-order valence-corrected chi connectivity index (χ4v) is 3.99. The van der Waals surface area contributed by atoms with Crippen molar-refractivity contribution in [1.82, 2.24) is 10.2 Å². The van der Waals surface area contributed by atoms with E-state index in [0.29, 0.717) is 25.3 Å². The van der Waals surface area contributed by atoms with Crippen molar-refractivity contribution in [3.63, 3.8) is 0 Å². The van der Waals surface area contributed by atoms with Crippen LogP contribution in [0.3, 0.4) is 0 Å². The van der Waals surface area contributed by atoms with Gasteiger partial charge in [0, 0.05) is 18.8 Å². The summed E-state index contributed by atoms with van der Waals surface area (Å²) in [4.78, 5) is 27.6. The average Bonchev–Trinajstić information content (AvgIpc) is 2.75. The summed E-state index contributed by atoms with van der Waals surface area (Å²) in [6.45, 7) is 5.17. The second-order valence-electron chi connectivity index (χ2n) is 7.05. The zero-order valence-corrected chi connectivity index (χ0v) is 18.3. The molecular weight excluding hydrogens is 380 g/mol. The first-order valence-corrected chi connectivity index (χ1v) is 11.5. The van der Waals surface area contributed by atoms with E-state index in [4.69, 9.17) is 0 Å². The highest BCUT2D eigenvalue weighted by Crippen LogP contribution is 2.17. The number of hydrogen-bond donors (Lipinski definition) is 1. The molecule has 0 saturated heterocycles. The average molecular weight is 413 g/mol. The van der Waals surface area contributed by atoms with E-state index >= 15 is 0 Å². The molecule has 5 heteroatoms. The summed E-state index contributed by atoms with van der Waals surface area (Å²) in [5, 5.41) is 3.00. The van der Waals surface area contributed by atoms with Crippen LogP contribution in [0.1, 0.15) is 44.2 Å². The van der Waals surface area contributed by atoms with Crippen LogP contribution in [0, 0.1) is 0 Å². The number of unbranched alkanes of at least 4 members (excludes halogenated alkanes) is 1. The molecule has 2 aromatic carbocycles. The molecule has 0 unspecified atom stereocenters. The lowest BCUT2D eigenvalue weighted by molar-refractivity contribution is -0.139. The van der Waals surface area contributed by atoms with Gasteiger partial charge in [0.15, 0.2) is 0 Å². The summed E-state index contributed by atoms with van der Waals surface area (Å²) in [6, 6.07) is 19.6. The third-order valence-corrected chi connectivity index (χ3v) is 5.74. The molecule has 0 spiro atoms. The largest absolute Gasteiger partial charge is 0.354 e.